The van der Waals surface area contributed by atoms with E-state index in [1.54, 1.807) is 0 Å². The molecule has 0 N–H and O–H groups in total. The Labute approximate surface area is 207 Å². The Kier molecular flexibility index (Phi) is 6.34. The molecule has 0 saturated carbocycles. The van der Waals surface area contributed by atoms with Crippen LogP contribution in [0.3, 0.4) is 0 Å². The summed E-state index contributed by atoms with van der Waals surface area (Å²) in [7, 11) is 0. The summed E-state index contributed by atoms with van der Waals surface area (Å²) in [6.07, 6.45) is 4.18. The van der Waals surface area contributed by atoms with Crippen molar-refractivity contribution in [1.82, 2.24) is 15.0 Å². The summed E-state index contributed by atoms with van der Waals surface area (Å²) in [6.45, 7) is 12.4. The van der Waals surface area contributed by atoms with Gasteiger partial charge in [0.15, 0.2) is 0 Å². The van der Waals surface area contributed by atoms with Crippen LogP contribution >= 0.6 is 11.6 Å². The second-order valence-electron chi connectivity index (χ2n) is 9.69. The van der Waals surface area contributed by atoms with Gasteiger partial charge in [0, 0.05) is 56.1 Å². The average molecular weight is 477 g/mol. The lowest BCUT2D eigenvalue weighted by molar-refractivity contribution is 0.542. The van der Waals surface area contributed by atoms with Gasteiger partial charge in [0.05, 0.1) is 10.7 Å². The highest BCUT2D eigenvalue weighted by atomic mass is 35.5. The molecule has 5 rings (SSSR count). The summed E-state index contributed by atoms with van der Waals surface area (Å²) in [6, 6.07) is 13.3. The van der Waals surface area contributed by atoms with Gasteiger partial charge in [0.25, 0.3) is 0 Å². The first-order valence-corrected chi connectivity index (χ1v) is 12.6. The first kappa shape index (κ1) is 22.9. The van der Waals surface area contributed by atoms with E-state index in [1.165, 1.54) is 24.0 Å². The van der Waals surface area contributed by atoms with E-state index >= 15 is 0 Å². The number of piperazine rings is 1. The lowest BCUT2D eigenvalue weighted by atomic mass is 10.0. The molecule has 3 aromatic rings. The monoisotopic (exact) mass is 476 g/mol. The molecule has 0 aliphatic carbocycles. The van der Waals surface area contributed by atoms with Gasteiger partial charge in [0.1, 0.15) is 11.6 Å². The maximum absolute atomic E-state index is 6.43. The van der Waals surface area contributed by atoms with E-state index in [-0.39, 0.29) is 6.04 Å². The minimum absolute atomic E-state index is 0.262. The van der Waals surface area contributed by atoms with Crippen LogP contribution in [-0.4, -0.2) is 53.2 Å². The molecule has 7 heteroatoms. The van der Waals surface area contributed by atoms with Gasteiger partial charge in [0.2, 0.25) is 5.95 Å². The van der Waals surface area contributed by atoms with Crippen LogP contribution in [0.1, 0.15) is 37.8 Å². The number of halogens is 1. The number of hydrogen-bond acceptors (Lipinski definition) is 6. The Morgan fingerprint density at radius 3 is 2.47 bits per heavy atom. The van der Waals surface area contributed by atoms with Crippen LogP contribution in [0.4, 0.5) is 17.6 Å². The van der Waals surface area contributed by atoms with Gasteiger partial charge in [-0.1, -0.05) is 23.7 Å². The molecule has 0 amide bonds. The van der Waals surface area contributed by atoms with Crippen LogP contribution in [0, 0.1) is 13.8 Å². The van der Waals surface area contributed by atoms with Crippen LogP contribution in [-0.2, 0) is 0 Å². The van der Waals surface area contributed by atoms with Gasteiger partial charge < -0.3 is 14.7 Å². The second-order valence-corrected chi connectivity index (χ2v) is 10.1. The van der Waals surface area contributed by atoms with Gasteiger partial charge in [-0.15, -0.1) is 0 Å². The third-order valence-corrected chi connectivity index (χ3v) is 7.57. The molecule has 2 aliphatic heterocycles. The molecule has 0 bridgehead atoms. The zero-order valence-corrected chi connectivity index (χ0v) is 21.3. The number of nitrogens with zero attached hydrogens (tertiary/aromatic N) is 6. The number of rotatable bonds is 4. The van der Waals surface area contributed by atoms with Crippen molar-refractivity contribution < 1.29 is 0 Å². The molecule has 0 radical (unpaired) electrons. The molecular weight excluding hydrogens is 444 g/mol. The van der Waals surface area contributed by atoms with Crippen molar-refractivity contribution in [2.24, 2.45) is 0 Å². The van der Waals surface area contributed by atoms with Gasteiger partial charge in [-0.3, -0.25) is 0 Å². The number of pyridine rings is 1. The van der Waals surface area contributed by atoms with Crippen molar-refractivity contribution in [3.05, 3.63) is 58.7 Å². The summed E-state index contributed by atoms with van der Waals surface area (Å²) < 4.78 is 0. The maximum Gasteiger partial charge on any atom is 0.228 e. The van der Waals surface area contributed by atoms with Gasteiger partial charge in [-0.25, -0.2) is 9.97 Å². The normalized spacial score (nSPS) is 20.8. The third kappa shape index (κ3) is 4.43. The minimum atomic E-state index is 0.262. The number of benzene rings is 1. The molecule has 0 spiro atoms. The number of anilines is 3. The Bertz CT molecular complexity index is 1180. The molecule has 2 aromatic heterocycles. The highest BCUT2D eigenvalue weighted by molar-refractivity contribution is 6.32. The molecule has 1 unspecified atom stereocenters. The lowest BCUT2D eigenvalue weighted by Gasteiger charge is -2.41. The molecule has 34 heavy (non-hydrogen) atoms. The number of aryl methyl sites for hydroxylation is 2. The van der Waals surface area contributed by atoms with Gasteiger partial charge in [-0.2, -0.15) is 4.98 Å². The zero-order valence-electron chi connectivity index (χ0n) is 20.5. The average Bonchev–Trinajstić information content (AvgIpc) is 3.26. The third-order valence-electron chi connectivity index (χ3n) is 7.27. The molecule has 2 saturated heterocycles. The van der Waals surface area contributed by atoms with Crippen molar-refractivity contribution in [2.45, 2.75) is 52.6 Å². The summed E-state index contributed by atoms with van der Waals surface area (Å²) >= 11 is 6.43. The van der Waals surface area contributed by atoms with Crippen molar-refractivity contribution in [1.29, 1.82) is 0 Å². The maximum atomic E-state index is 6.43. The van der Waals surface area contributed by atoms with Gasteiger partial charge in [-0.05, 0) is 69.9 Å². The molecular formula is C27H33ClN6. The number of aromatic nitrogens is 3. The standard InChI is InChI=1S/C27H33ClN6/c1-18-9-10-22(15-19(18)2)24-16-25(31-27(30-24)34-12-6-7-20(34)3)33-14-13-32(17-21(33)4)26-23(28)8-5-11-29-26/h5,8-11,15-16,20-21H,6-7,12-14,17H2,1-4H3/t20?,21-/m1/s1. The lowest BCUT2D eigenvalue weighted by Crippen LogP contribution is -2.52. The van der Waals surface area contributed by atoms with E-state index in [2.05, 4.69) is 71.6 Å². The van der Waals surface area contributed by atoms with E-state index in [0.717, 1.165) is 55.0 Å². The highest BCUT2D eigenvalue weighted by Crippen LogP contribution is 2.32. The zero-order chi connectivity index (χ0) is 23.8. The molecule has 2 aliphatic rings. The van der Waals surface area contributed by atoms with Crippen LogP contribution in [0.2, 0.25) is 5.02 Å². The quantitative estimate of drug-likeness (QED) is 0.494. The Hall–Kier alpha value is -2.86. The minimum Gasteiger partial charge on any atom is -0.352 e. The first-order chi connectivity index (χ1) is 16.4. The second kappa shape index (κ2) is 9.41. The SMILES string of the molecule is Cc1ccc(-c2cc(N3CCN(c4ncccc4Cl)C[C@H]3C)nc(N3CCCC3C)n2)cc1C. The van der Waals surface area contributed by atoms with Gasteiger partial charge >= 0.3 is 0 Å². The van der Waals surface area contributed by atoms with E-state index in [1.807, 2.05) is 18.3 Å². The fourth-order valence-electron chi connectivity index (χ4n) is 5.08. The molecule has 2 fully saturated rings. The van der Waals surface area contributed by atoms with Crippen molar-refractivity contribution in [3.63, 3.8) is 0 Å². The topological polar surface area (TPSA) is 48.4 Å². The Morgan fingerprint density at radius 1 is 0.912 bits per heavy atom. The fraction of sp³-hybridized carbons (Fsp3) is 0.444. The largest absolute Gasteiger partial charge is 0.352 e. The molecule has 6 nitrogen and oxygen atoms in total. The predicted octanol–water partition coefficient (Wildman–Crippen LogP) is 5.51. The molecule has 1 aromatic carbocycles. The Morgan fingerprint density at radius 2 is 1.76 bits per heavy atom. The van der Waals surface area contributed by atoms with Crippen LogP contribution in [0.15, 0.2) is 42.6 Å². The smallest absolute Gasteiger partial charge is 0.228 e. The predicted molar refractivity (Wildman–Crippen MR) is 141 cm³/mol. The molecule has 2 atom stereocenters. The first-order valence-electron chi connectivity index (χ1n) is 12.3. The summed E-state index contributed by atoms with van der Waals surface area (Å²) in [5.74, 6) is 2.70. The van der Waals surface area contributed by atoms with Crippen LogP contribution in [0.25, 0.3) is 11.3 Å². The van der Waals surface area contributed by atoms with E-state index in [4.69, 9.17) is 21.6 Å². The van der Waals surface area contributed by atoms with Crippen molar-refractivity contribution >= 4 is 29.2 Å². The van der Waals surface area contributed by atoms with E-state index in [0.29, 0.717) is 11.1 Å². The van der Waals surface area contributed by atoms with E-state index in [9.17, 15) is 0 Å². The number of hydrogen-bond donors (Lipinski definition) is 0. The highest BCUT2D eigenvalue weighted by Gasteiger charge is 2.29. The molecule has 4 heterocycles. The van der Waals surface area contributed by atoms with Crippen LogP contribution in [0.5, 0.6) is 0 Å². The van der Waals surface area contributed by atoms with Crippen molar-refractivity contribution in [2.75, 3.05) is 40.9 Å². The van der Waals surface area contributed by atoms with Crippen molar-refractivity contribution in [3.8, 4) is 11.3 Å². The summed E-state index contributed by atoms with van der Waals surface area (Å²) in [5.41, 5.74) is 4.71. The summed E-state index contributed by atoms with van der Waals surface area (Å²) in [5, 5.41) is 0.701. The summed E-state index contributed by atoms with van der Waals surface area (Å²) in [4.78, 5) is 21.7. The van der Waals surface area contributed by atoms with Crippen LogP contribution < -0.4 is 14.7 Å². The fourth-order valence-corrected chi connectivity index (χ4v) is 5.32. The Balaban J connectivity index is 1.49. The molecule has 178 valence electrons. The van der Waals surface area contributed by atoms with E-state index < -0.39 is 0 Å².